The predicted octanol–water partition coefficient (Wildman–Crippen LogP) is 3.20. The van der Waals surface area contributed by atoms with E-state index in [1.807, 2.05) is 0 Å². The highest BCUT2D eigenvalue weighted by Crippen LogP contribution is 2.35. The largest absolute Gasteiger partial charge is 0.308 e. The topological polar surface area (TPSA) is 12.0 Å². The minimum atomic E-state index is -2.58. The molecule has 0 aromatic carbocycles. The Kier molecular flexibility index (Phi) is 3.51. The molecular formula is C11H21F2N. The third-order valence-corrected chi connectivity index (χ3v) is 2.91. The Morgan fingerprint density at radius 2 is 2.07 bits per heavy atom. The van der Waals surface area contributed by atoms with Crippen LogP contribution >= 0.6 is 0 Å². The quantitative estimate of drug-likeness (QED) is 0.746. The lowest BCUT2D eigenvalue weighted by Gasteiger charge is -2.36. The Balaban J connectivity index is 2.32. The summed E-state index contributed by atoms with van der Waals surface area (Å²) < 4.78 is 25.2. The molecule has 0 aliphatic heterocycles. The molecule has 0 spiro atoms. The molecule has 0 radical (unpaired) electrons. The van der Waals surface area contributed by atoms with Crippen molar-refractivity contribution in [2.75, 3.05) is 6.54 Å². The first kappa shape index (κ1) is 11.9. The molecule has 1 rings (SSSR count). The van der Waals surface area contributed by atoms with Gasteiger partial charge in [-0.05, 0) is 24.7 Å². The molecule has 1 unspecified atom stereocenters. The van der Waals surface area contributed by atoms with Crippen molar-refractivity contribution in [3.05, 3.63) is 0 Å². The SMILES string of the molecule is CC(F)(F)CNC1CCCC(C)(C)C1. The van der Waals surface area contributed by atoms with Crippen LogP contribution in [-0.4, -0.2) is 18.5 Å². The maximum absolute atomic E-state index is 12.6. The van der Waals surface area contributed by atoms with Crippen molar-refractivity contribution in [2.24, 2.45) is 5.41 Å². The second kappa shape index (κ2) is 4.13. The van der Waals surface area contributed by atoms with Gasteiger partial charge in [-0.25, -0.2) is 8.78 Å². The molecule has 1 fully saturated rings. The number of rotatable bonds is 3. The van der Waals surface area contributed by atoms with E-state index < -0.39 is 5.92 Å². The highest BCUT2D eigenvalue weighted by Gasteiger charge is 2.29. The molecular weight excluding hydrogens is 184 g/mol. The van der Waals surface area contributed by atoms with Gasteiger partial charge in [0.15, 0.2) is 0 Å². The van der Waals surface area contributed by atoms with Crippen molar-refractivity contribution in [2.45, 2.75) is 58.4 Å². The predicted molar refractivity (Wildman–Crippen MR) is 54.7 cm³/mol. The third kappa shape index (κ3) is 4.36. The average Bonchev–Trinajstić information content (AvgIpc) is 1.98. The summed E-state index contributed by atoms with van der Waals surface area (Å²) in [6.45, 7) is 5.21. The van der Waals surface area contributed by atoms with Crippen LogP contribution in [0.5, 0.6) is 0 Å². The Morgan fingerprint density at radius 3 is 2.57 bits per heavy atom. The van der Waals surface area contributed by atoms with Crippen LogP contribution in [0, 0.1) is 5.41 Å². The second-order valence-electron chi connectivity index (χ2n) is 5.41. The molecule has 0 saturated heterocycles. The Hall–Kier alpha value is -0.180. The van der Waals surface area contributed by atoms with Crippen molar-refractivity contribution >= 4 is 0 Å². The lowest BCUT2D eigenvalue weighted by molar-refractivity contribution is 0.0161. The molecule has 1 N–H and O–H groups in total. The molecule has 1 nitrogen and oxygen atoms in total. The second-order valence-corrected chi connectivity index (χ2v) is 5.41. The van der Waals surface area contributed by atoms with E-state index in [4.69, 9.17) is 0 Å². The van der Waals surface area contributed by atoms with Gasteiger partial charge in [-0.15, -0.1) is 0 Å². The fourth-order valence-electron chi connectivity index (χ4n) is 2.20. The summed E-state index contributed by atoms with van der Waals surface area (Å²) in [4.78, 5) is 0. The van der Waals surface area contributed by atoms with Crippen molar-refractivity contribution in [1.29, 1.82) is 0 Å². The highest BCUT2D eigenvalue weighted by molar-refractivity contribution is 4.84. The van der Waals surface area contributed by atoms with Crippen LogP contribution in [0.15, 0.2) is 0 Å². The standard InChI is InChI=1S/C11H21F2N/c1-10(2)6-4-5-9(7-10)14-8-11(3,12)13/h9,14H,4-8H2,1-3H3. The molecule has 1 aliphatic carbocycles. The van der Waals surface area contributed by atoms with E-state index in [2.05, 4.69) is 19.2 Å². The molecule has 1 saturated carbocycles. The van der Waals surface area contributed by atoms with Gasteiger partial charge in [0.05, 0.1) is 6.54 Å². The summed E-state index contributed by atoms with van der Waals surface area (Å²) in [6, 6.07) is 0.282. The maximum atomic E-state index is 12.6. The van der Waals surface area contributed by atoms with E-state index in [9.17, 15) is 8.78 Å². The minimum absolute atomic E-state index is 0.187. The maximum Gasteiger partial charge on any atom is 0.257 e. The Bertz CT molecular complexity index is 184. The summed E-state index contributed by atoms with van der Waals surface area (Å²) in [7, 11) is 0. The van der Waals surface area contributed by atoms with Crippen LogP contribution in [0.4, 0.5) is 8.78 Å². The fraction of sp³-hybridized carbons (Fsp3) is 1.00. The summed E-state index contributed by atoms with van der Waals surface area (Å²) in [5.74, 6) is -2.58. The first-order valence-electron chi connectivity index (χ1n) is 5.40. The fourth-order valence-corrected chi connectivity index (χ4v) is 2.20. The summed E-state index contributed by atoms with van der Waals surface area (Å²) in [5.41, 5.74) is 0.318. The lowest BCUT2D eigenvalue weighted by Crippen LogP contribution is -2.42. The van der Waals surface area contributed by atoms with Crippen molar-refractivity contribution in [3.8, 4) is 0 Å². The molecule has 84 valence electrons. The van der Waals surface area contributed by atoms with Gasteiger partial charge in [0.25, 0.3) is 5.92 Å². The van der Waals surface area contributed by atoms with Gasteiger partial charge < -0.3 is 5.32 Å². The number of alkyl halides is 2. The van der Waals surface area contributed by atoms with Crippen LogP contribution in [0.2, 0.25) is 0 Å². The molecule has 0 bridgehead atoms. The molecule has 1 aliphatic rings. The number of hydrogen-bond acceptors (Lipinski definition) is 1. The first-order valence-corrected chi connectivity index (χ1v) is 5.40. The lowest BCUT2D eigenvalue weighted by atomic mass is 9.75. The van der Waals surface area contributed by atoms with E-state index >= 15 is 0 Å². The third-order valence-electron chi connectivity index (χ3n) is 2.91. The molecule has 3 heteroatoms. The summed E-state index contributed by atoms with van der Waals surface area (Å²) >= 11 is 0. The van der Waals surface area contributed by atoms with Crippen LogP contribution in [0.25, 0.3) is 0 Å². The van der Waals surface area contributed by atoms with E-state index in [-0.39, 0.29) is 12.6 Å². The van der Waals surface area contributed by atoms with Gasteiger partial charge in [0.2, 0.25) is 0 Å². The zero-order valence-corrected chi connectivity index (χ0v) is 9.37. The van der Waals surface area contributed by atoms with Gasteiger partial charge in [0.1, 0.15) is 0 Å². The van der Waals surface area contributed by atoms with Crippen molar-refractivity contribution in [3.63, 3.8) is 0 Å². The molecule has 1 atom stereocenters. The highest BCUT2D eigenvalue weighted by atomic mass is 19.3. The van der Waals surface area contributed by atoms with Crippen LogP contribution in [-0.2, 0) is 0 Å². The molecule has 0 amide bonds. The normalized spacial score (nSPS) is 27.6. The number of nitrogens with one attached hydrogen (secondary N) is 1. The number of hydrogen-bond donors (Lipinski definition) is 1. The Labute approximate surface area is 85.3 Å². The van der Waals surface area contributed by atoms with Gasteiger partial charge in [-0.2, -0.15) is 0 Å². The zero-order chi connectivity index (χ0) is 10.8. The average molecular weight is 205 g/mol. The van der Waals surface area contributed by atoms with Crippen LogP contribution in [0.1, 0.15) is 46.5 Å². The molecule has 0 aromatic rings. The molecule has 0 aromatic heterocycles. The molecule has 14 heavy (non-hydrogen) atoms. The van der Waals surface area contributed by atoms with Gasteiger partial charge in [0, 0.05) is 13.0 Å². The van der Waals surface area contributed by atoms with Crippen molar-refractivity contribution in [1.82, 2.24) is 5.32 Å². The van der Waals surface area contributed by atoms with E-state index in [1.54, 1.807) is 0 Å². The van der Waals surface area contributed by atoms with E-state index in [1.165, 1.54) is 6.42 Å². The van der Waals surface area contributed by atoms with E-state index in [0.29, 0.717) is 5.41 Å². The minimum Gasteiger partial charge on any atom is -0.308 e. The van der Waals surface area contributed by atoms with Gasteiger partial charge in [-0.1, -0.05) is 20.3 Å². The van der Waals surface area contributed by atoms with Crippen molar-refractivity contribution < 1.29 is 8.78 Å². The summed E-state index contributed by atoms with van der Waals surface area (Å²) in [5, 5.41) is 2.97. The van der Waals surface area contributed by atoms with Gasteiger partial charge in [-0.3, -0.25) is 0 Å². The smallest absolute Gasteiger partial charge is 0.257 e. The zero-order valence-electron chi connectivity index (χ0n) is 9.37. The Morgan fingerprint density at radius 1 is 1.43 bits per heavy atom. The van der Waals surface area contributed by atoms with Crippen LogP contribution < -0.4 is 5.32 Å². The van der Waals surface area contributed by atoms with Gasteiger partial charge >= 0.3 is 0 Å². The first-order chi connectivity index (χ1) is 6.29. The van der Waals surface area contributed by atoms with Crippen LogP contribution in [0.3, 0.4) is 0 Å². The monoisotopic (exact) mass is 205 g/mol. The number of halogens is 2. The molecule has 0 heterocycles. The van der Waals surface area contributed by atoms with E-state index in [0.717, 1.165) is 26.2 Å². The summed E-state index contributed by atoms with van der Waals surface area (Å²) in [6.07, 6.45) is 4.43.